The van der Waals surface area contributed by atoms with E-state index in [1.54, 1.807) is 0 Å². The lowest BCUT2D eigenvalue weighted by Gasteiger charge is -1.54. The van der Waals surface area contributed by atoms with Crippen LogP contribution in [0.4, 0.5) is 8.78 Å². The van der Waals surface area contributed by atoms with Gasteiger partial charge in [-0.2, -0.15) is 8.78 Å². The van der Waals surface area contributed by atoms with E-state index in [4.69, 9.17) is 5.11 Å². The summed E-state index contributed by atoms with van der Waals surface area (Å²) in [6, 6.07) is 0. The summed E-state index contributed by atoms with van der Waals surface area (Å²) < 4.78 is 20.3. The number of rotatable bonds is 0. The van der Waals surface area contributed by atoms with Crippen LogP contribution < -0.4 is 0 Å². The Bertz CT molecular complexity index is 56.7. The first kappa shape index (κ1) is 9.46. The van der Waals surface area contributed by atoms with Gasteiger partial charge in [0.1, 0.15) is 0 Å². The Labute approximate surface area is 40.6 Å². The molecule has 7 heavy (non-hydrogen) atoms. The molecule has 0 spiro atoms. The maximum atomic E-state index is 10.1. The molecule has 0 aliphatic heterocycles. The molecule has 0 radical (unpaired) electrons. The van der Waals surface area contributed by atoms with Crippen molar-refractivity contribution < 1.29 is 13.9 Å². The lowest BCUT2D eigenvalue weighted by atomic mass is 11.2. The fraction of sp³-hybridized carbons (Fsp3) is 0. The molecule has 0 atom stereocenters. The Kier molecular flexibility index (Phi) is 12.1. The topological polar surface area (TPSA) is 20.2 Å². The van der Waals surface area contributed by atoms with Gasteiger partial charge in [-0.25, -0.2) is 0 Å². The maximum Gasteiger partial charge on any atom is 0.263 e. The molecule has 1 nitrogen and oxygen atoms in total. The van der Waals surface area contributed by atoms with Gasteiger partial charge in [0.2, 0.25) is 0 Å². The molecule has 0 saturated carbocycles. The molecule has 0 aliphatic rings. The van der Waals surface area contributed by atoms with Gasteiger partial charge < -0.3 is 5.11 Å². The Morgan fingerprint density at radius 1 is 1.57 bits per heavy atom. The van der Waals surface area contributed by atoms with Crippen LogP contribution in [0.2, 0.25) is 0 Å². The highest BCUT2D eigenvalue weighted by Crippen LogP contribution is 1.85. The zero-order valence-electron chi connectivity index (χ0n) is 3.69. The highest BCUT2D eigenvalue weighted by molar-refractivity contribution is 4.57. The molecule has 0 aromatic rings. The van der Waals surface area contributed by atoms with E-state index < -0.39 is 6.08 Å². The highest BCUT2D eigenvalue weighted by atomic mass is 19.3. The van der Waals surface area contributed by atoms with E-state index in [1.807, 2.05) is 0 Å². The average molecular weight is 108 g/mol. The first-order valence-electron chi connectivity index (χ1n) is 1.40. The van der Waals surface area contributed by atoms with E-state index in [0.29, 0.717) is 0 Å². The van der Waals surface area contributed by atoms with Crippen molar-refractivity contribution in [3.63, 3.8) is 0 Å². The van der Waals surface area contributed by atoms with E-state index in [0.717, 1.165) is 6.26 Å². The number of hydrogen-bond acceptors (Lipinski definition) is 1. The number of aliphatic hydroxyl groups is 1. The molecule has 0 saturated heterocycles. The van der Waals surface area contributed by atoms with Crippen molar-refractivity contribution in [2.75, 3.05) is 0 Å². The van der Waals surface area contributed by atoms with Crippen molar-refractivity contribution in [1.82, 2.24) is 0 Å². The van der Waals surface area contributed by atoms with E-state index >= 15 is 0 Å². The van der Waals surface area contributed by atoms with Crippen molar-refractivity contribution >= 4 is 0 Å². The molecule has 0 amide bonds. The minimum Gasteiger partial charge on any atom is -0.516 e. The number of hydrogen-bond donors (Lipinski definition) is 1. The Morgan fingerprint density at radius 2 is 1.57 bits per heavy atom. The Morgan fingerprint density at radius 3 is 1.57 bits per heavy atom. The van der Waals surface area contributed by atoms with E-state index in [9.17, 15) is 8.78 Å². The third-order valence-corrected chi connectivity index (χ3v) is 0. The van der Waals surface area contributed by atoms with Gasteiger partial charge in [0.05, 0.1) is 6.26 Å². The minimum atomic E-state index is -1.83. The fourth-order valence-corrected chi connectivity index (χ4v) is 0. The van der Waals surface area contributed by atoms with Gasteiger partial charge in [0, 0.05) is 0 Å². The van der Waals surface area contributed by atoms with Gasteiger partial charge in [0.25, 0.3) is 6.08 Å². The summed E-state index contributed by atoms with van der Waals surface area (Å²) in [5, 5.41) is 7.33. The first-order chi connectivity index (χ1) is 3.15. The summed E-state index contributed by atoms with van der Waals surface area (Å²) in [5.74, 6) is 0. The van der Waals surface area contributed by atoms with Gasteiger partial charge in [-0.3, -0.25) is 0 Å². The second-order valence-corrected chi connectivity index (χ2v) is 0.521. The van der Waals surface area contributed by atoms with Gasteiger partial charge in [-0.15, -0.1) is 0 Å². The molecule has 0 aromatic carbocycles. The molecule has 42 valence electrons. The summed E-state index contributed by atoms with van der Waals surface area (Å²) in [7, 11) is 0. The van der Waals surface area contributed by atoms with Crippen LogP contribution in [0.3, 0.4) is 0 Å². The SMILES string of the molecule is C=C(F)F.C=CO. The summed E-state index contributed by atoms with van der Waals surface area (Å²) in [6.45, 7) is 5.14. The Balaban J connectivity index is 0. The molecule has 0 heterocycles. The van der Waals surface area contributed by atoms with Crippen molar-refractivity contribution in [3.8, 4) is 0 Å². The van der Waals surface area contributed by atoms with Crippen molar-refractivity contribution in [2.45, 2.75) is 0 Å². The molecule has 1 N–H and O–H groups in total. The second-order valence-electron chi connectivity index (χ2n) is 0.521. The molecule has 0 rings (SSSR count). The summed E-state index contributed by atoms with van der Waals surface area (Å²) in [6.07, 6.45) is -1.08. The van der Waals surface area contributed by atoms with Crippen LogP contribution in [0, 0.1) is 0 Å². The first-order valence-corrected chi connectivity index (χ1v) is 1.40. The van der Waals surface area contributed by atoms with Crippen molar-refractivity contribution in [3.05, 3.63) is 25.5 Å². The van der Waals surface area contributed by atoms with Crippen LogP contribution in [0.1, 0.15) is 0 Å². The van der Waals surface area contributed by atoms with Crippen LogP contribution in [0.5, 0.6) is 0 Å². The molecule has 0 aromatic heterocycles. The molecule has 3 heteroatoms. The van der Waals surface area contributed by atoms with E-state index in [2.05, 4.69) is 13.2 Å². The third kappa shape index (κ3) is 68.5. The van der Waals surface area contributed by atoms with Crippen LogP contribution in [0.15, 0.2) is 25.5 Å². The zero-order valence-corrected chi connectivity index (χ0v) is 3.69. The summed E-state index contributed by atoms with van der Waals surface area (Å²) in [4.78, 5) is 0. The Hall–Kier alpha value is -0.860. The van der Waals surface area contributed by atoms with Gasteiger partial charge >= 0.3 is 0 Å². The fourth-order valence-electron chi connectivity index (χ4n) is 0. The van der Waals surface area contributed by atoms with Crippen molar-refractivity contribution in [2.24, 2.45) is 0 Å². The second kappa shape index (κ2) is 8.94. The maximum absolute atomic E-state index is 10.1. The van der Waals surface area contributed by atoms with Crippen LogP contribution in [-0.4, -0.2) is 5.11 Å². The van der Waals surface area contributed by atoms with E-state index in [-0.39, 0.29) is 0 Å². The quantitative estimate of drug-likeness (QED) is 0.471. The molecule has 0 unspecified atom stereocenters. The zero-order chi connectivity index (χ0) is 6.28. The standard InChI is InChI=1S/C2H2F2.C2H4O/c1-2(3)4;1-2-3/h1H2;2-3H,1H2. The largest absolute Gasteiger partial charge is 0.516 e. The van der Waals surface area contributed by atoms with Crippen LogP contribution in [-0.2, 0) is 0 Å². The van der Waals surface area contributed by atoms with Crippen LogP contribution >= 0.6 is 0 Å². The predicted molar refractivity (Wildman–Crippen MR) is 24.2 cm³/mol. The molecular weight excluding hydrogens is 102 g/mol. The lowest BCUT2D eigenvalue weighted by Crippen LogP contribution is -1.33. The van der Waals surface area contributed by atoms with E-state index in [1.165, 1.54) is 0 Å². The van der Waals surface area contributed by atoms with Crippen molar-refractivity contribution in [1.29, 1.82) is 0 Å². The smallest absolute Gasteiger partial charge is 0.263 e. The highest BCUT2D eigenvalue weighted by Gasteiger charge is 1.65. The predicted octanol–water partition coefficient (Wildman–Crippen LogP) is 2.08. The molecular formula is C4H6F2O. The number of aliphatic hydroxyl groups excluding tert-OH is 1. The molecule has 0 fully saturated rings. The normalized spacial score (nSPS) is 5.43. The van der Waals surface area contributed by atoms with Crippen LogP contribution in [0.25, 0.3) is 0 Å². The minimum absolute atomic E-state index is 0.750. The monoisotopic (exact) mass is 108 g/mol. The lowest BCUT2D eigenvalue weighted by molar-refractivity contribution is 0.426. The summed E-state index contributed by atoms with van der Waals surface area (Å²) in [5.41, 5.74) is 0. The van der Waals surface area contributed by atoms with Gasteiger partial charge in [-0.1, -0.05) is 6.58 Å². The van der Waals surface area contributed by atoms with Gasteiger partial charge in [-0.05, 0) is 6.58 Å². The molecule has 0 aliphatic carbocycles. The van der Waals surface area contributed by atoms with Gasteiger partial charge in [0.15, 0.2) is 0 Å². The third-order valence-electron chi connectivity index (χ3n) is 0. The summed E-state index contributed by atoms with van der Waals surface area (Å²) >= 11 is 0. The molecule has 0 bridgehead atoms. The number of halogens is 2. The average Bonchev–Trinajstić information content (AvgIpc) is 1.33.